The molecule has 126 valence electrons. The fourth-order valence-corrected chi connectivity index (χ4v) is 3.55. The predicted molar refractivity (Wildman–Crippen MR) is 97.3 cm³/mol. The SMILES string of the molecule is CCCCCCCC1(c2ccccc2)Oc2ccccc2CC1=O. The molecular formula is C22H26O2. The first-order chi connectivity index (χ1) is 11.8. The second-order valence-electron chi connectivity index (χ2n) is 6.67. The molecule has 0 saturated heterocycles. The first-order valence-electron chi connectivity index (χ1n) is 9.12. The Morgan fingerprint density at radius 2 is 1.62 bits per heavy atom. The maximum Gasteiger partial charge on any atom is 0.192 e. The van der Waals surface area contributed by atoms with E-state index < -0.39 is 5.60 Å². The Balaban J connectivity index is 1.87. The van der Waals surface area contributed by atoms with E-state index in [9.17, 15) is 4.79 Å². The summed E-state index contributed by atoms with van der Waals surface area (Å²) < 4.78 is 6.37. The molecule has 0 bridgehead atoms. The van der Waals surface area contributed by atoms with Crippen LogP contribution in [0.15, 0.2) is 54.6 Å². The monoisotopic (exact) mass is 322 g/mol. The van der Waals surface area contributed by atoms with Gasteiger partial charge in [0.2, 0.25) is 0 Å². The molecule has 0 spiro atoms. The highest BCUT2D eigenvalue weighted by Crippen LogP contribution is 2.40. The van der Waals surface area contributed by atoms with Crippen LogP contribution in [0.5, 0.6) is 5.75 Å². The largest absolute Gasteiger partial charge is 0.474 e. The first kappa shape index (κ1) is 16.8. The third-order valence-corrected chi connectivity index (χ3v) is 4.93. The minimum Gasteiger partial charge on any atom is -0.474 e. The van der Waals surface area contributed by atoms with Gasteiger partial charge in [-0.1, -0.05) is 81.1 Å². The molecule has 0 aliphatic carbocycles. The summed E-state index contributed by atoms with van der Waals surface area (Å²) in [5.74, 6) is 1.04. The molecule has 0 radical (unpaired) electrons. The summed E-state index contributed by atoms with van der Waals surface area (Å²) in [6.07, 6.45) is 7.10. The van der Waals surface area contributed by atoms with E-state index in [4.69, 9.17) is 4.74 Å². The van der Waals surface area contributed by atoms with Crippen LogP contribution in [-0.4, -0.2) is 5.78 Å². The summed E-state index contributed by atoms with van der Waals surface area (Å²) in [5.41, 5.74) is 1.17. The highest BCUT2D eigenvalue weighted by Gasteiger charge is 2.44. The number of rotatable bonds is 7. The van der Waals surface area contributed by atoms with E-state index in [0.717, 1.165) is 36.1 Å². The van der Waals surface area contributed by atoms with Gasteiger partial charge in [-0.2, -0.15) is 0 Å². The van der Waals surface area contributed by atoms with Crippen molar-refractivity contribution in [1.29, 1.82) is 0 Å². The molecule has 1 atom stereocenters. The molecule has 1 aliphatic rings. The van der Waals surface area contributed by atoms with Gasteiger partial charge >= 0.3 is 0 Å². The molecule has 1 aliphatic heterocycles. The van der Waals surface area contributed by atoms with Gasteiger partial charge in [0.05, 0.1) is 0 Å². The van der Waals surface area contributed by atoms with Crippen molar-refractivity contribution >= 4 is 5.78 Å². The van der Waals surface area contributed by atoms with Crippen LogP contribution in [0.25, 0.3) is 0 Å². The maximum atomic E-state index is 13.1. The summed E-state index contributed by atoms with van der Waals surface area (Å²) in [4.78, 5) is 13.1. The van der Waals surface area contributed by atoms with Crippen LogP contribution in [0.4, 0.5) is 0 Å². The van der Waals surface area contributed by atoms with Crippen LogP contribution in [0, 0.1) is 0 Å². The standard InChI is InChI=1S/C22H26O2/c1-2-3-4-5-11-16-22(19-13-7-6-8-14-19)21(23)17-18-12-9-10-15-20(18)24-22/h6-10,12-15H,2-5,11,16-17H2,1H3. The summed E-state index contributed by atoms with van der Waals surface area (Å²) >= 11 is 0. The van der Waals surface area contributed by atoms with Crippen molar-refractivity contribution in [1.82, 2.24) is 0 Å². The molecule has 1 heterocycles. The van der Waals surface area contributed by atoms with E-state index in [1.54, 1.807) is 0 Å². The van der Waals surface area contributed by atoms with Gasteiger partial charge in [-0.15, -0.1) is 0 Å². The van der Waals surface area contributed by atoms with Crippen molar-refractivity contribution in [3.63, 3.8) is 0 Å². The second-order valence-corrected chi connectivity index (χ2v) is 6.67. The summed E-state index contributed by atoms with van der Waals surface area (Å²) in [5, 5.41) is 0. The molecule has 2 heteroatoms. The maximum absolute atomic E-state index is 13.1. The number of ketones is 1. The first-order valence-corrected chi connectivity index (χ1v) is 9.12. The Morgan fingerprint density at radius 1 is 0.917 bits per heavy atom. The van der Waals surface area contributed by atoms with E-state index >= 15 is 0 Å². The number of carbonyl (C=O) groups excluding carboxylic acids is 1. The van der Waals surface area contributed by atoms with Crippen molar-refractivity contribution in [3.8, 4) is 5.75 Å². The Hall–Kier alpha value is -2.09. The minimum atomic E-state index is -0.818. The van der Waals surface area contributed by atoms with Crippen LogP contribution >= 0.6 is 0 Å². The van der Waals surface area contributed by atoms with Gasteiger partial charge in [-0.3, -0.25) is 4.79 Å². The predicted octanol–water partition coefficient (Wildman–Crippen LogP) is 5.45. The van der Waals surface area contributed by atoms with Gasteiger partial charge < -0.3 is 4.74 Å². The van der Waals surface area contributed by atoms with Gasteiger partial charge in [0.1, 0.15) is 5.75 Å². The highest BCUT2D eigenvalue weighted by molar-refractivity contribution is 5.92. The molecule has 24 heavy (non-hydrogen) atoms. The number of fused-ring (bicyclic) bond motifs is 1. The number of benzene rings is 2. The second kappa shape index (κ2) is 7.65. The number of ether oxygens (including phenoxy) is 1. The number of hydrogen-bond acceptors (Lipinski definition) is 2. The molecule has 0 saturated carbocycles. The van der Waals surface area contributed by atoms with Gasteiger partial charge in [0.25, 0.3) is 0 Å². The molecule has 0 fully saturated rings. The fraction of sp³-hybridized carbons (Fsp3) is 0.409. The van der Waals surface area contributed by atoms with E-state index in [-0.39, 0.29) is 5.78 Å². The number of para-hydroxylation sites is 1. The molecule has 0 N–H and O–H groups in total. The Kier molecular flexibility index (Phi) is 5.34. The number of hydrogen-bond donors (Lipinski definition) is 0. The molecule has 2 aromatic rings. The van der Waals surface area contributed by atoms with Crippen molar-refractivity contribution in [2.24, 2.45) is 0 Å². The third kappa shape index (κ3) is 3.38. The van der Waals surface area contributed by atoms with Crippen LogP contribution < -0.4 is 4.74 Å². The highest BCUT2D eigenvalue weighted by atomic mass is 16.5. The lowest BCUT2D eigenvalue weighted by molar-refractivity contribution is -0.137. The topological polar surface area (TPSA) is 26.3 Å². The van der Waals surface area contributed by atoms with Crippen LogP contribution in [-0.2, 0) is 16.8 Å². The summed E-state index contributed by atoms with van der Waals surface area (Å²) in [7, 11) is 0. The zero-order valence-electron chi connectivity index (χ0n) is 14.5. The zero-order chi connectivity index (χ0) is 16.8. The number of Topliss-reactive ketones (excluding diaryl/α,β-unsaturated/α-hetero) is 1. The average Bonchev–Trinajstić information content (AvgIpc) is 2.62. The summed E-state index contributed by atoms with van der Waals surface area (Å²) in [6.45, 7) is 2.22. The molecule has 3 rings (SSSR count). The third-order valence-electron chi connectivity index (χ3n) is 4.93. The van der Waals surface area contributed by atoms with Gasteiger partial charge in [0, 0.05) is 17.5 Å². The van der Waals surface area contributed by atoms with Crippen molar-refractivity contribution < 1.29 is 9.53 Å². The lowest BCUT2D eigenvalue weighted by atomic mass is 9.80. The van der Waals surface area contributed by atoms with Crippen molar-refractivity contribution in [3.05, 3.63) is 65.7 Å². The Bertz CT molecular complexity index is 677. The minimum absolute atomic E-state index is 0.183. The van der Waals surface area contributed by atoms with E-state index in [1.807, 2.05) is 54.6 Å². The lowest BCUT2D eigenvalue weighted by Crippen LogP contribution is -2.45. The normalized spacial score (nSPS) is 19.6. The average molecular weight is 322 g/mol. The quantitative estimate of drug-likeness (QED) is 0.634. The number of carbonyl (C=O) groups is 1. The molecular weight excluding hydrogens is 296 g/mol. The lowest BCUT2D eigenvalue weighted by Gasteiger charge is -2.38. The van der Waals surface area contributed by atoms with Crippen molar-refractivity contribution in [2.75, 3.05) is 0 Å². The van der Waals surface area contributed by atoms with Gasteiger partial charge in [-0.25, -0.2) is 0 Å². The van der Waals surface area contributed by atoms with Crippen LogP contribution in [0.2, 0.25) is 0 Å². The van der Waals surface area contributed by atoms with Gasteiger partial charge in [0.15, 0.2) is 11.4 Å². The fourth-order valence-electron chi connectivity index (χ4n) is 3.55. The van der Waals surface area contributed by atoms with Crippen molar-refractivity contribution in [2.45, 2.75) is 57.5 Å². The molecule has 0 aromatic heterocycles. The van der Waals surface area contributed by atoms with E-state index in [2.05, 4.69) is 6.92 Å². The van der Waals surface area contributed by atoms with E-state index in [1.165, 1.54) is 19.3 Å². The number of unbranched alkanes of at least 4 members (excludes halogenated alkanes) is 4. The summed E-state index contributed by atoms with van der Waals surface area (Å²) in [6, 6.07) is 17.9. The van der Waals surface area contributed by atoms with Crippen LogP contribution in [0.3, 0.4) is 0 Å². The van der Waals surface area contributed by atoms with Crippen LogP contribution in [0.1, 0.15) is 56.6 Å². The zero-order valence-corrected chi connectivity index (χ0v) is 14.5. The van der Waals surface area contributed by atoms with Gasteiger partial charge in [-0.05, 0) is 18.9 Å². The Labute approximate surface area is 144 Å². The molecule has 0 amide bonds. The molecule has 1 unspecified atom stereocenters. The Morgan fingerprint density at radius 3 is 2.42 bits per heavy atom. The molecule has 2 aromatic carbocycles. The molecule has 2 nitrogen and oxygen atoms in total. The van der Waals surface area contributed by atoms with E-state index in [0.29, 0.717) is 6.42 Å². The smallest absolute Gasteiger partial charge is 0.192 e.